The van der Waals surface area contributed by atoms with Crippen LogP contribution in [0.15, 0.2) is 36.4 Å². The van der Waals surface area contributed by atoms with Gasteiger partial charge in [0.05, 0.1) is 18.9 Å². The molecule has 0 atom stereocenters. The predicted octanol–water partition coefficient (Wildman–Crippen LogP) is 4.41. The summed E-state index contributed by atoms with van der Waals surface area (Å²) < 4.78 is 12.3. The average Bonchev–Trinajstić information content (AvgIpc) is 2.45. The van der Waals surface area contributed by atoms with E-state index < -0.39 is 0 Å². The molecule has 5 heteroatoms. The summed E-state index contributed by atoms with van der Waals surface area (Å²) in [6, 6.07) is 11.6. The molecule has 0 unspecified atom stereocenters. The zero-order valence-corrected chi connectivity index (χ0v) is 14.3. The van der Waals surface area contributed by atoms with Crippen molar-refractivity contribution in [1.29, 1.82) is 0 Å². The number of ether oxygens (including phenoxy) is 2. The van der Waals surface area contributed by atoms with Crippen LogP contribution in [-0.2, 0) is 0 Å². The molecule has 3 N–H and O–H groups in total. The smallest absolute Gasteiger partial charge is 0.163 e. The maximum Gasteiger partial charge on any atom is 0.163 e. The Morgan fingerprint density at radius 2 is 1.71 bits per heavy atom. The number of nitrogen functional groups attached to an aromatic ring is 1. The second kappa shape index (κ2) is 7.40. The van der Waals surface area contributed by atoms with Crippen molar-refractivity contribution in [2.75, 3.05) is 24.3 Å². The van der Waals surface area contributed by atoms with Crippen molar-refractivity contribution < 1.29 is 9.47 Å². The summed E-state index contributed by atoms with van der Waals surface area (Å²) in [5.74, 6) is 1.51. The molecule has 0 saturated carbocycles. The molecule has 0 amide bonds. The SMILES string of the molecule is CCOc1ccc(Nc2ccc(N)cc2I)cc1OCC. The van der Waals surface area contributed by atoms with E-state index >= 15 is 0 Å². The molecule has 112 valence electrons. The third kappa shape index (κ3) is 4.17. The molecule has 0 aliphatic rings. The lowest BCUT2D eigenvalue weighted by molar-refractivity contribution is 0.288. The number of anilines is 3. The number of benzene rings is 2. The van der Waals surface area contributed by atoms with Gasteiger partial charge >= 0.3 is 0 Å². The van der Waals surface area contributed by atoms with Crippen LogP contribution in [0.2, 0.25) is 0 Å². The summed E-state index contributed by atoms with van der Waals surface area (Å²) in [7, 11) is 0. The first kappa shape index (κ1) is 15.8. The van der Waals surface area contributed by atoms with Gasteiger partial charge in [0.15, 0.2) is 11.5 Å². The maximum absolute atomic E-state index is 5.77. The molecular formula is C16H19IN2O2. The highest BCUT2D eigenvalue weighted by Crippen LogP contribution is 2.33. The van der Waals surface area contributed by atoms with Gasteiger partial charge in [0.25, 0.3) is 0 Å². The molecule has 0 radical (unpaired) electrons. The number of nitrogens with one attached hydrogen (secondary N) is 1. The Morgan fingerprint density at radius 3 is 2.38 bits per heavy atom. The third-order valence-corrected chi connectivity index (χ3v) is 3.71. The minimum atomic E-state index is 0.600. The lowest BCUT2D eigenvalue weighted by Gasteiger charge is -2.14. The monoisotopic (exact) mass is 398 g/mol. The van der Waals surface area contributed by atoms with Crippen LogP contribution in [0.3, 0.4) is 0 Å². The van der Waals surface area contributed by atoms with Crippen LogP contribution in [0.4, 0.5) is 17.1 Å². The average molecular weight is 398 g/mol. The Kier molecular flexibility index (Phi) is 5.55. The Morgan fingerprint density at radius 1 is 1.00 bits per heavy atom. The number of rotatable bonds is 6. The van der Waals surface area contributed by atoms with Gasteiger partial charge in [-0.25, -0.2) is 0 Å². The minimum absolute atomic E-state index is 0.600. The van der Waals surface area contributed by atoms with Gasteiger partial charge in [-0.05, 0) is 66.8 Å². The number of halogens is 1. The second-order valence-electron chi connectivity index (χ2n) is 4.39. The molecule has 21 heavy (non-hydrogen) atoms. The van der Waals surface area contributed by atoms with Crippen LogP contribution in [0.5, 0.6) is 11.5 Å². The quantitative estimate of drug-likeness (QED) is 0.559. The summed E-state index contributed by atoms with van der Waals surface area (Å²) in [4.78, 5) is 0. The highest BCUT2D eigenvalue weighted by atomic mass is 127. The van der Waals surface area contributed by atoms with Gasteiger partial charge in [-0.3, -0.25) is 0 Å². The molecule has 0 spiro atoms. The molecule has 0 fully saturated rings. The number of hydrogen-bond donors (Lipinski definition) is 2. The first-order valence-electron chi connectivity index (χ1n) is 6.85. The van der Waals surface area contributed by atoms with Gasteiger partial charge in [0, 0.05) is 21.0 Å². The van der Waals surface area contributed by atoms with Crippen molar-refractivity contribution in [2.45, 2.75) is 13.8 Å². The van der Waals surface area contributed by atoms with Crippen molar-refractivity contribution in [1.82, 2.24) is 0 Å². The van der Waals surface area contributed by atoms with Crippen LogP contribution in [0.1, 0.15) is 13.8 Å². The van der Waals surface area contributed by atoms with Gasteiger partial charge in [-0.2, -0.15) is 0 Å². The summed E-state index contributed by atoms with van der Waals surface area (Å²) in [6.45, 7) is 5.13. The van der Waals surface area contributed by atoms with Crippen molar-refractivity contribution in [3.63, 3.8) is 0 Å². The molecule has 2 rings (SSSR count). The van der Waals surface area contributed by atoms with Crippen LogP contribution in [0, 0.1) is 3.57 Å². The highest BCUT2D eigenvalue weighted by molar-refractivity contribution is 14.1. The van der Waals surface area contributed by atoms with Gasteiger partial charge in [0.1, 0.15) is 0 Å². The van der Waals surface area contributed by atoms with E-state index in [1.807, 2.05) is 50.2 Å². The van der Waals surface area contributed by atoms with Gasteiger partial charge in [-0.1, -0.05) is 0 Å². The van der Waals surface area contributed by atoms with E-state index in [0.29, 0.717) is 13.2 Å². The second-order valence-corrected chi connectivity index (χ2v) is 5.55. The molecule has 2 aromatic carbocycles. The highest BCUT2D eigenvalue weighted by Gasteiger charge is 2.07. The van der Waals surface area contributed by atoms with E-state index in [9.17, 15) is 0 Å². The molecule has 0 bridgehead atoms. The van der Waals surface area contributed by atoms with E-state index in [-0.39, 0.29) is 0 Å². The predicted molar refractivity (Wildman–Crippen MR) is 95.6 cm³/mol. The van der Waals surface area contributed by atoms with Crippen molar-refractivity contribution in [2.24, 2.45) is 0 Å². The zero-order chi connectivity index (χ0) is 15.2. The maximum atomic E-state index is 5.77. The standard InChI is InChI=1S/C16H19IN2O2/c1-3-20-15-8-6-12(10-16(15)21-4-2)19-14-7-5-11(18)9-13(14)17/h5-10,19H,3-4,18H2,1-2H3. The van der Waals surface area contributed by atoms with E-state index in [1.54, 1.807) is 0 Å². The fourth-order valence-electron chi connectivity index (χ4n) is 1.92. The van der Waals surface area contributed by atoms with Gasteiger partial charge < -0.3 is 20.5 Å². The Labute approximate surface area is 138 Å². The van der Waals surface area contributed by atoms with Crippen LogP contribution in [0.25, 0.3) is 0 Å². The lowest BCUT2D eigenvalue weighted by Crippen LogP contribution is -2.00. The first-order chi connectivity index (χ1) is 10.1. The van der Waals surface area contributed by atoms with Gasteiger partial charge in [0.2, 0.25) is 0 Å². The lowest BCUT2D eigenvalue weighted by atomic mass is 10.2. The van der Waals surface area contributed by atoms with E-state index in [2.05, 4.69) is 27.9 Å². The Balaban J connectivity index is 2.25. The number of nitrogens with two attached hydrogens (primary N) is 1. The number of hydrogen-bond acceptors (Lipinski definition) is 4. The molecule has 0 saturated heterocycles. The van der Waals surface area contributed by atoms with Crippen molar-refractivity contribution >= 4 is 39.7 Å². The molecule has 0 aliphatic carbocycles. The summed E-state index contributed by atoms with van der Waals surface area (Å²) in [5.41, 5.74) is 8.48. The molecule has 0 aromatic heterocycles. The van der Waals surface area contributed by atoms with E-state index in [0.717, 1.165) is 32.1 Å². The van der Waals surface area contributed by atoms with Crippen molar-refractivity contribution in [3.8, 4) is 11.5 Å². The Bertz CT molecular complexity index is 617. The zero-order valence-electron chi connectivity index (χ0n) is 12.2. The fraction of sp³-hybridized carbons (Fsp3) is 0.250. The normalized spacial score (nSPS) is 10.2. The molecule has 0 heterocycles. The first-order valence-corrected chi connectivity index (χ1v) is 7.93. The third-order valence-electron chi connectivity index (χ3n) is 2.82. The van der Waals surface area contributed by atoms with Crippen LogP contribution >= 0.6 is 22.6 Å². The van der Waals surface area contributed by atoms with Gasteiger partial charge in [-0.15, -0.1) is 0 Å². The minimum Gasteiger partial charge on any atom is -0.490 e. The molecule has 0 aliphatic heterocycles. The van der Waals surface area contributed by atoms with Crippen molar-refractivity contribution in [3.05, 3.63) is 40.0 Å². The molecule has 4 nitrogen and oxygen atoms in total. The largest absolute Gasteiger partial charge is 0.490 e. The molecular weight excluding hydrogens is 379 g/mol. The van der Waals surface area contributed by atoms with Crippen LogP contribution < -0.4 is 20.5 Å². The van der Waals surface area contributed by atoms with E-state index in [1.165, 1.54) is 0 Å². The fourth-order valence-corrected chi connectivity index (χ4v) is 2.59. The topological polar surface area (TPSA) is 56.5 Å². The summed E-state index contributed by atoms with van der Waals surface area (Å²) >= 11 is 2.26. The molecule has 2 aromatic rings. The summed E-state index contributed by atoms with van der Waals surface area (Å²) in [6.07, 6.45) is 0. The summed E-state index contributed by atoms with van der Waals surface area (Å²) in [5, 5.41) is 3.37. The van der Waals surface area contributed by atoms with E-state index in [4.69, 9.17) is 15.2 Å². The Hall–Kier alpha value is -1.63. The van der Waals surface area contributed by atoms with Crippen LogP contribution in [-0.4, -0.2) is 13.2 Å².